The zero-order valence-electron chi connectivity index (χ0n) is 17.3. The van der Waals surface area contributed by atoms with Crippen molar-refractivity contribution in [1.29, 1.82) is 0 Å². The summed E-state index contributed by atoms with van der Waals surface area (Å²) >= 11 is 1.62. The van der Waals surface area contributed by atoms with Crippen LogP contribution in [0.5, 0.6) is 0 Å². The second-order valence-corrected chi connectivity index (χ2v) is 10.2. The third kappa shape index (κ3) is 3.59. The minimum absolute atomic E-state index is 0.0621. The molecule has 6 atom stereocenters. The summed E-state index contributed by atoms with van der Waals surface area (Å²) in [7, 11) is 2.12. The van der Waals surface area contributed by atoms with Gasteiger partial charge < -0.3 is 20.0 Å². The molecule has 4 heterocycles. The highest BCUT2D eigenvalue weighted by atomic mass is 32.2. The van der Waals surface area contributed by atoms with Crippen LogP contribution in [0.3, 0.4) is 0 Å². The zero-order valence-corrected chi connectivity index (χ0v) is 18.1. The van der Waals surface area contributed by atoms with E-state index < -0.39 is 18.0 Å². The maximum atomic E-state index is 12.5. The Bertz CT molecular complexity index is 746. The van der Waals surface area contributed by atoms with E-state index in [1.807, 2.05) is 6.92 Å². The third-order valence-corrected chi connectivity index (χ3v) is 8.32. The lowest BCUT2D eigenvalue weighted by Crippen LogP contribution is -2.63. The van der Waals surface area contributed by atoms with Crippen molar-refractivity contribution < 1.29 is 19.8 Å². The van der Waals surface area contributed by atoms with Crippen LogP contribution in [0.4, 0.5) is 0 Å². The Morgan fingerprint density at radius 2 is 2.00 bits per heavy atom. The number of aliphatic hydroxyl groups excluding tert-OH is 1. The summed E-state index contributed by atoms with van der Waals surface area (Å²) in [6, 6.07) is 0.114. The lowest BCUT2D eigenvalue weighted by atomic mass is 9.79. The van der Waals surface area contributed by atoms with Gasteiger partial charge in [0.05, 0.1) is 18.1 Å². The number of carbonyl (C=O) groups is 2. The van der Waals surface area contributed by atoms with Gasteiger partial charge in [-0.15, -0.1) is 11.8 Å². The van der Waals surface area contributed by atoms with Crippen molar-refractivity contribution in [2.45, 2.75) is 56.5 Å². The molecule has 2 N–H and O–H groups in total. The van der Waals surface area contributed by atoms with Crippen molar-refractivity contribution in [3.63, 3.8) is 0 Å². The van der Waals surface area contributed by atoms with Crippen LogP contribution < -0.4 is 0 Å². The van der Waals surface area contributed by atoms with Gasteiger partial charge in [0.2, 0.25) is 5.91 Å². The molecule has 0 aromatic rings. The Morgan fingerprint density at radius 3 is 2.62 bits per heavy atom. The molecule has 0 bridgehead atoms. The number of amides is 1. The van der Waals surface area contributed by atoms with E-state index in [9.17, 15) is 19.8 Å². The largest absolute Gasteiger partial charge is 0.477 e. The summed E-state index contributed by atoms with van der Waals surface area (Å²) in [5.74, 6) is -1.87. The standard InChI is InChI=1S/C21H31N3O4S/c1-12-17-16(13(2)25)20(26)24(17)18(21(27)28)19(12)29-15-10-14(22(3)11-15)6-9-23-7-4-5-8-23/h6,9,12-17,25H,4-5,7-8,10-11H2,1-3H3,(H,27,28)/b9-6+/t12-,13-,14-,15+,16-,17-/m1/s1. The van der Waals surface area contributed by atoms with Gasteiger partial charge in [0.25, 0.3) is 0 Å². The zero-order chi connectivity index (χ0) is 20.9. The van der Waals surface area contributed by atoms with Gasteiger partial charge in [-0.05, 0) is 39.4 Å². The monoisotopic (exact) mass is 421 g/mol. The highest BCUT2D eigenvalue weighted by Gasteiger charge is 2.60. The van der Waals surface area contributed by atoms with Gasteiger partial charge in [-0.2, -0.15) is 0 Å². The molecule has 4 aliphatic heterocycles. The number of likely N-dealkylation sites (N-methyl/N-ethyl adjacent to an activating group) is 1. The molecular weight excluding hydrogens is 390 g/mol. The molecule has 3 fully saturated rings. The average Bonchev–Trinajstić information content (AvgIpc) is 3.33. The first kappa shape index (κ1) is 20.8. The Hall–Kier alpha value is -1.51. The smallest absolute Gasteiger partial charge is 0.353 e. The lowest BCUT2D eigenvalue weighted by Gasteiger charge is -2.46. The molecule has 0 aliphatic carbocycles. The fourth-order valence-corrected chi connectivity index (χ4v) is 6.87. The van der Waals surface area contributed by atoms with Crippen LogP contribution in [-0.2, 0) is 9.59 Å². The number of hydrogen-bond acceptors (Lipinski definition) is 6. The molecule has 1 amide bonds. The van der Waals surface area contributed by atoms with Gasteiger partial charge in [0, 0.05) is 41.7 Å². The quantitative estimate of drug-likeness (QED) is 0.630. The van der Waals surface area contributed by atoms with Crippen LogP contribution in [0, 0.1) is 11.8 Å². The molecule has 4 rings (SSSR count). The maximum Gasteiger partial charge on any atom is 0.353 e. The highest BCUT2D eigenvalue weighted by molar-refractivity contribution is 8.03. The number of fused-ring (bicyclic) bond motifs is 1. The number of nitrogens with zero attached hydrogens (tertiary/aromatic N) is 3. The summed E-state index contributed by atoms with van der Waals surface area (Å²) in [5.41, 5.74) is 0.133. The molecule has 160 valence electrons. The summed E-state index contributed by atoms with van der Waals surface area (Å²) in [6.07, 6.45) is 7.22. The van der Waals surface area contributed by atoms with Crippen LogP contribution in [0.1, 0.15) is 33.1 Å². The molecule has 0 saturated carbocycles. The molecule has 29 heavy (non-hydrogen) atoms. The first-order chi connectivity index (χ1) is 13.8. The molecule has 7 nitrogen and oxygen atoms in total. The summed E-state index contributed by atoms with van der Waals surface area (Å²) in [5, 5.41) is 20.1. The number of likely N-dealkylation sites (tertiary alicyclic amines) is 2. The first-order valence-corrected chi connectivity index (χ1v) is 11.5. The first-order valence-electron chi connectivity index (χ1n) is 10.6. The molecule has 8 heteroatoms. The molecule has 0 aromatic heterocycles. The van der Waals surface area contributed by atoms with E-state index in [-0.39, 0.29) is 23.6 Å². The highest BCUT2D eigenvalue weighted by Crippen LogP contribution is 2.52. The lowest BCUT2D eigenvalue weighted by molar-refractivity contribution is -0.163. The number of thioether (sulfide) groups is 1. The average molecular weight is 422 g/mol. The van der Waals surface area contributed by atoms with E-state index in [1.165, 1.54) is 17.7 Å². The maximum absolute atomic E-state index is 12.5. The van der Waals surface area contributed by atoms with Crippen molar-refractivity contribution in [1.82, 2.24) is 14.7 Å². The third-order valence-electron chi connectivity index (χ3n) is 6.83. The normalized spacial score (nSPS) is 36.3. The molecule has 0 spiro atoms. The van der Waals surface area contributed by atoms with Crippen molar-refractivity contribution in [2.24, 2.45) is 11.8 Å². The van der Waals surface area contributed by atoms with Crippen LogP contribution in [0.25, 0.3) is 0 Å². The second-order valence-electron chi connectivity index (χ2n) is 8.84. The second kappa shape index (κ2) is 7.96. The van der Waals surface area contributed by atoms with E-state index in [0.29, 0.717) is 11.3 Å². The fourth-order valence-electron chi connectivity index (χ4n) is 5.26. The molecular formula is C21H31N3O4S. The van der Waals surface area contributed by atoms with Gasteiger partial charge in [0.15, 0.2) is 0 Å². The predicted molar refractivity (Wildman–Crippen MR) is 112 cm³/mol. The number of hydrogen-bond donors (Lipinski definition) is 2. The number of aliphatic carboxylic acids is 1. The Morgan fingerprint density at radius 1 is 1.31 bits per heavy atom. The summed E-state index contributed by atoms with van der Waals surface area (Å²) < 4.78 is 0. The molecule has 0 unspecified atom stereocenters. The van der Waals surface area contributed by atoms with Crippen molar-refractivity contribution in [2.75, 3.05) is 26.7 Å². The van der Waals surface area contributed by atoms with Gasteiger partial charge >= 0.3 is 5.97 Å². The Labute approximate surface area is 176 Å². The van der Waals surface area contributed by atoms with Crippen LogP contribution >= 0.6 is 11.8 Å². The van der Waals surface area contributed by atoms with Gasteiger partial charge in [-0.1, -0.05) is 13.0 Å². The van der Waals surface area contributed by atoms with E-state index in [2.05, 4.69) is 29.1 Å². The van der Waals surface area contributed by atoms with E-state index in [0.717, 1.165) is 31.0 Å². The Kier molecular flexibility index (Phi) is 5.70. The Balaban J connectivity index is 1.47. The number of β-lactam (4-membered cyclic amide) rings is 1. The number of rotatable bonds is 6. The van der Waals surface area contributed by atoms with Gasteiger partial charge in [-0.3, -0.25) is 9.69 Å². The molecule has 0 radical (unpaired) electrons. The minimum atomic E-state index is -1.05. The number of carbonyl (C=O) groups excluding carboxylic acids is 1. The summed E-state index contributed by atoms with van der Waals surface area (Å²) in [6.45, 7) is 6.75. The predicted octanol–water partition coefficient (Wildman–Crippen LogP) is 1.56. The van der Waals surface area contributed by atoms with Gasteiger partial charge in [0.1, 0.15) is 5.70 Å². The van der Waals surface area contributed by atoms with Crippen LogP contribution in [0.15, 0.2) is 22.9 Å². The van der Waals surface area contributed by atoms with Gasteiger partial charge in [-0.25, -0.2) is 4.79 Å². The summed E-state index contributed by atoms with van der Waals surface area (Å²) in [4.78, 5) is 31.3. The fraction of sp³-hybridized carbons (Fsp3) is 0.714. The van der Waals surface area contributed by atoms with Crippen molar-refractivity contribution in [3.05, 3.63) is 22.9 Å². The van der Waals surface area contributed by atoms with Crippen LogP contribution in [0.2, 0.25) is 0 Å². The number of carboxylic acid groups (broad SMARTS) is 1. The van der Waals surface area contributed by atoms with E-state index >= 15 is 0 Å². The minimum Gasteiger partial charge on any atom is -0.477 e. The molecule has 4 aliphatic rings. The number of carboxylic acids is 1. The SMILES string of the molecule is C[C@@H](O)[C@H]1C(=O)N2C(C(=O)O)=C(S[C@H]3C[C@@H](/C=C/N4CCCC4)N(C)C3)[C@H](C)[C@H]12. The molecule has 0 aromatic carbocycles. The van der Waals surface area contributed by atoms with Crippen molar-refractivity contribution in [3.8, 4) is 0 Å². The van der Waals surface area contributed by atoms with Crippen LogP contribution in [-0.4, -0.2) is 86.9 Å². The topological polar surface area (TPSA) is 84.3 Å². The number of aliphatic hydroxyl groups is 1. The van der Waals surface area contributed by atoms with E-state index in [1.54, 1.807) is 18.7 Å². The van der Waals surface area contributed by atoms with E-state index in [4.69, 9.17) is 0 Å². The van der Waals surface area contributed by atoms with Crippen molar-refractivity contribution >= 4 is 23.6 Å². The molecule has 3 saturated heterocycles.